The maximum Gasteiger partial charge on any atom is 0.408 e. The van der Waals surface area contributed by atoms with Gasteiger partial charge in [-0.2, -0.15) is 4.98 Å². The molecule has 0 aliphatic carbocycles. The molecule has 1 aromatic rings. The third-order valence-corrected chi connectivity index (χ3v) is 4.14. The van der Waals surface area contributed by atoms with Gasteiger partial charge >= 0.3 is 6.09 Å². The predicted molar refractivity (Wildman–Crippen MR) is 94.9 cm³/mol. The van der Waals surface area contributed by atoms with Gasteiger partial charge in [-0.1, -0.05) is 19.0 Å². The summed E-state index contributed by atoms with van der Waals surface area (Å²) in [4.78, 5) is 18.9. The van der Waals surface area contributed by atoms with Gasteiger partial charge in [0.15, 0.2) is 5.82 Å². The number of hydrogen-bond acceptors (Lipinski definition) is 6. The molecule has 0 saturated carbocycles. The molecule has 1 aromatic heterocycles. The zero-order chi connectivity index (χ0) is 18.8. The van der Waals surface area contributed by atoms with Crippen molar-refractivity contribution in [1.82, 2.24) is 20.4 Å². The maximum absolute atomic E-state index is 12.0. The Morgan fingerprint density at radius 1 is 1.24 bits per heavy atom. The van der Waals surface area contributed by atoms with Crippen LogP contribution in [0, 0.1) is 11.8 Å². The number of aromatic nitrogens is 2. The first-order valence-electron chi connectivity index (χ1n) is 9.01. The number of nitrogens with one attached hydrogen (secondary N) is 1. The average Bonchev–Trinajstić information content (AvgIpc) is 2.83. The van der Waals surface area contributed by atoms with Gasteiger partial charge in [0.25, 0.3) is 0 Å². The number of hydrogen-bond donors (Lipinski definition) is 1. The van der Waals surface area contributed by atoms with Crippen molar-refractivity contribution in [3.63, 3.8) is 0 Å². The summed E-state index contributed by atoms with van der Waals surface area (Å²) in [5.74, 6) is 2.38. The average molecular weight is 352 g/mol. The molecule has 1 aliphatic rings. The van der Waals surface area contributed by atoms with E-state index in [0.29, 0.717) is 30.1 Å². The first kappa shape index (κ1) is 19.7. The molecule has 1 amide bonds. The van der Waals surface area contributed by atoms with Crippen molar-refractivity contribution in [1.29, 1.82) is 0 Å². The third-order valence-electron chi connectivity index (χ3n) is 4.14. The number of amides is 1. The highest BCUT2D eigenvalue weighted by atomic mass is 16.6. The number of nitrogens with zero attached hydrogens (tertiary/aromatic N) is 3. The summed E-state index contributed by atoms with van der Waals surface area (Å²) in [6.07, 6.45) is 0.765. The summed E-state index contributed by atoms with van der Waals surface area (Å²) in [7, 11) is 0. The summed E-state index contributed by atoms with van der Waals surface area (Å²) in [5, 5.41) is 6.86. The minimum absolute atomic E-state index is 0.450. The molecule has 142 valence electrons. The van der Waals surface area contributed by atoms with Crippen LogP contribution in [0.4, 0.5) is 4.79 Å². The minimum Gasteiger partial charge on any atom is -0.444 e. The van der Waals surface area contributed by atoms with E-state index in [1.807, 2.05) is 34.6 Å². The van der Waals surface area contributed by atoms with E-state index >= 15 is 0 Å². The second-order valence-electron chi connectivity index (χ2n) is 8.90. The lowest BCUT2D eigenvalue weighted by molar-refractivity contribution is 0.0465. The summed E-state index contributed by atoms with van der Waals surface area (Å²) in [6.45, 7) is 16.4. The molecule has 2 heterocycles. The molecule has 0 aromatic carbocycles. The van der Waals surface area contributed by atoms with Crippen molar-refractivity contribution in [3.8, 4) is 0 Å². The van der Waals surface area contributed by atoms with Gasteiger partial charge in [-0.05, 0) is 52.9 Å². The molecule has 1 aliphatic heterocycles. The molecule has 2 rings (SSSR count). The molecule has 2 atom stereocenters. The fourth-order valence-electron chi connectivity index (χ4n) is 3.30. The van der Waals surface area contributed by atoms with Crippen LogP contribution in [0.25, 0.3) is 0 Å². The van der Waals surface area contributed by atoms with Gasteiger partial charge in [-0.15, -0.1) is 0 Å². The molecule has 0 bridgehead atoms. The highest BCUT2D eigenvalue weighted by Crippen LogP contribution is 2.23. The zero-order valence-corrected chi connectivity index (χ0v) is 16.5. The summed E-state index contributed by atoms with van der Waals surface area (Å²) in [5.41, 5.74) is -1.32. The van der Waals surface area contributed by atoms with Crippen LogP contribution in [0.3, 0.4) is 0 Å². The Kier molecular flexibility index (Phi) is 5.76. The topological polar surface area (TPSA) is 80.5 Å². The molecule has 0 radical (unpaired) electrons. The highest BCUT2D eigenvalue weighted by Gasteiger charge is 2.31. The molecule has 0 spiro atoms. The van der Waals surface area contributed by atoms with Crippen molar-refractivity contribution in [2.75, 3.05) is 13.1 Å². The molecule has 1 saturated heterocycles. The first-order valence-corrected chi connectivity index (χ1v) is 9.01. The lowest BCUT2D eigenvalue weighted by Gasteiger charge is -2.33. The van der Waals surface area contributed by atoms with Gasteiger partial charge in [0, 0.05) is 13.1 Å². The van der Waals surface area contributed by atoms with Gasteiger partial charge in [0.05, 0.1) is 6.54 Å². The number of carbonyl (C=O) groups is 1. The van der Waals surface area contributed by atoms with Crippen LogP contribution < -0.4 is 5.32 Å². The van der Waals surface area contributed by atoms with Crippen molar-refractivity contribution in [2.24, 2.45) is 11.8 Å². The van der Waals surface area contributed by atoms with Crippen molar-refractivity contribution in [3.05, 3.63) is 11.7 Å². The fraction of sp³-hybridized carbons (Fsp3) is 0.833. The smallest absolute Gasteiger partial charge is 0.408 e. The standard InChI is InChI=1S/C18H32N4O3/c1-12-8-13(2)10-22(9-12)11-14-19-15(21-25-14)18(6,7)20-16(23)24-17(3,4)5/h12-13H,8-11H2,1-7H3,(H,20,23)/t12-,13-/m0/s1. The molecule has 7 heteroatoms. The Bertz CT molecular complexity index is 581. The third kappa shape index (κ3) is 5.99. The molecule has 1 fully saturated rings. The van der Waals surface area contributed by atoms with Crippen LogP contribution in [0.15, 0.2) is 4.52 Å². The van der Waals surface area contributed by atoms with Crippen LogP contribution in [0.2, 0.25) is 0 Å². The normalized spacial score (nSPS) is 22.7. The molecular weight excluding hydrogens is 320 g/mol. The van der Waals surface area contributed by atoms with E-state index in [4.69, 9.17) is 9.26 Å². The predicted octanol–water partition coefficient (Wildman–Crippen LogP) is 3.31. The number of carbonyl (C=O) groups excluding carboxylic acids is 1. The molecular formula is C18H32N4O3. The van der Waals surface area contributed by atoms with Gasteiger partial charge in [0.2, 0.25) is 5.89 Å². The Hall–Kier alpha value is -1.63. The molecule has 1 N–H and O–H groups in total. The summed E-state index contributed by atoms with van der Waals surface area (Å²) in [6, 6.07) is 0. The van der Waals surface area contributed by atoms with E-state index in [-0.39, 0.29) is 0 Å². The number of piperidine rings is 1. The summed E-state index contributed by atoms with van der Waals surface area (Å²) < 4.78 is 10.7. The van der Waals surface area contributed by atoms with E-state index in [0.717, 1.165) is 13.1 Å². The van der Waals surface area contributed by atoms with E-state index in [1.54, 1.807) is 0 Å². The zero-order valence-electron chi connectivity index (χ0n) is 16.5. The van der Waals surface area contributed by atoms with Gasteiger partial charge in [-0.25, -0.2) is 4.79 Å². The van der Waals surface area contributed by atoms with Crippen molar-refractivity contribution >= 4 is 6.09 Å². The SMILES string of the molecule is C[C@H]1C[C@H](C)CN(Cc2nc(C(C)(C)NC(=O)OC(C)(C)C)no2)C1. The second kappa shape index (κ2) is 7.32. The van der Waals surface area contributed by atoms with Gasteiger partial charge < -0.3 is 14.6 Å². The van der Waals surface area contributed by atoms with Crippen molar-refractivity contribution in [2.45, 2.75) is 72.6 Å². The van der Waals surface area contributed by atoms with Crippen LogP contribution in [-0.2, 0) is 16.8 Å². The van der Waals surface area contributed by atoms with Crippen LogP contribution >= 0.6 is 0 Å². The molecule has 7 nitrogen and oxygen atoms in total. The fourth-order valence-corrected chi connectivity index (χ4v) is 3.30. The maximum atomic E-state index is 12.0. The lowest BCUT2D eigenvalue weighted by atomic mass is 9.92. The van der Waals surface area contributed by atoms with E-state index in [9.17, 15) is 4.79 Å². The number of rotatable bonds is 4. The minimum atomic E-state index is -0.771. The van der Waals surface area contributed by atoms with Crippen LogP contribution in [0.1, 0.15) is 66.6 Å². The van der Waals surface area contributed by atoms with Crippen LogP contribution in [-0.4, -0.2) is 39.8 Å². The quantitative estimate of drug-likeness (QED) is 0.895. The highest BCUT2D eigenvalue weighted by molar-refractivity contribution is 5.68. The first-order chi connectivity index (χ1) is 11.4. The summed E-state index contributed by atoms with van der Waals surface area (Å²) >= 11 is 0. The Morgan fingerprint density at radius 2 is 1.84 bits per heavy atom. The number of ether oxygens (including phenoxy) is 1. The second-order valence-corrected chi connectivity index (χ2v) is 8.90. The Morgan fingerprint density at radius 3 is 2.40 bits per heavy atom. The monoisotopic (exact) mass is 352 g/mol. The molecule has 0 unspecified atom stereocenters. The lowest BCUT2D eigenvalue weighted by Crippen LogP contribution is -2.44. The molecule has 25 heavy (non-hydrogen) atoms. The number of likely N-dealkylation sites (tertiary alicyclic amines) is 1. The largest absolute Gasteiger partial charge is 0.444 e. The van der Waals surface area contributed by atoms with Gasteiger partial charge in [0.1, 0.15) is 11.1 Å². The van der Waals surface area contributed by atoms with E-state index < -0.39 is 17.2 Å². The van der Waals surface area contributed by atoms with Crippen LogP contribution in [0.5, 0.6) is 0 Å². The Balaban J connectivity index is 1.98. The van der Waals surface area contributed by atoms with Crippen molar-refractivity contribution < 1.29 is 14.1 Å². The number of alkyl carbamates (subject to hydrolysis) is 1. The van der Waals surface area contributed by atoms with E-state index in [1.165, 1.54) is 6.42 Å². The van der Waals surface area contributed by atoms with E-state index in [2.05, 4.69) is 34.2 Å². The Labute approximate surface area is 150 Å². The van der Waals surface area contributed by atoms with Gasteiger partial charge in [-0.3, -0.25) is 4.90 Å².